The summed E-state index contributed by atoms with van der Waals surface area (Å²) in [6.45, 7) is 2.41. The Hall–Kier alpha value is -3.78. The number of carbonyl (C=O) groups is 2. The van der Waals surface area contributed by atoms with E-state index in [1.165, 1.54) is 11.2 Å². The number of nitrogens with zero attached hydrogens (tertiary/aromatic N) is 1. The first kappa shape index (κ1) is 22.0. The number of fused-ring (bicyclic) bond motifs is 1. The molecular formula is C26H20BrNO6. The molecule has 1 N–H and O–H groups in total. The highest BCUT2D eigenvalue weighted by Crippen LogP contribution is 2.41. The number of Topliss-reactive ketones (excluding diaryl/α,β-unsaturated/α-hetero) is 1. The third-order valence-electron chi connectivity index (χ3n) is 5.64. The summed E-state index contributed by atoms with van der Waals surface area (Å²) in [4.78, 5) is 28.2. The van der Waals surface area contributed by atoms with Gasteiger partial charge in [0.15, 0.2) is 11.5 Å². The molecule has 8 heteroatoms. The Kier molecular flexibility index (Phi) is 5.75. The van der Waals surface area contributed by atoms with Crippen LogP contribution in [0, 0.1) is 0 Å². The maximum absolute atomic E-state index is 13.6. The highest BCUT2D eigenvalue weighted by Gasteiger charge is 2.45. The Balaban J connectivity index is 1.60. The molecule has 5 rings (SSSR count). The van der Waals surface area contributed by atoms with Gasteiger partial charge in [-0.3, -0.25) is 9.59 Å². The molecule has 1 aliphatic rings. The summed E-state index contributed by atoms with van der Waals surface area (Å²) in [5, 5.41) is 11.6. The Morgan fingerprint density at radius 2 is 2.00 bits per heavy atom. The van der Waals surface area contributed by atoms with Crippen LogP contribution in [0.3, 0.4) is 0 Å². The van der Waals surface area contributed by atoms with Crippen molar-refractivity contribution in [1.82, 2.24) is 4.90 Å². The smallest absolute Gasteiger partial charge is 0.290 e. The minimum Gasteiger partial charge on any atom is -0.503 e. The standard InChI is InChI=1S/C26H20BrNO6/c1-2-32-18-6-3-5-15(12-18)23-22(25(30)26(31)28(23)14-19-7-4-10-33-19)24(29)21-13-16-11-17(27)8-9-20(16)34-21/h3-13,23,30H,2,14H2,1H3. The van der Waals surface area contributed by atoms with Gasteiger partial charge in [0.2, 0.25) is 5.78 Å². The molecule has 0 fully saturated rings. The van der Waals surface area contributed by atoms with Gasteiger partial charge in [0, 0.05) is 9.86 Å². The number of amides is 1. The molecular weight excluding hydrogens is 502 g/mol. The van der Waals surface area contributed by atoms with Crippen molar-refractivity contribution in [3.63, 3.8) is 0 Å². The van der Waals surface area contributed by atoms with Crippen molar-refractivity contribution in [2.75, 3.05) is 6.61 Å². The van der Waals surface area contributed by atoms with Gasteiger partial charge >= 0.3 is 0 Å². The molecule has 0 saturated heterocycles. The van der Waals surface area contributed by atoms with Gasteiger partial charge in [-0.2, -0.15) is 0 Å². The molecule has 1 atom stereocenters. The van der Waals surface area contributed by atoms with Crippen molar-refractivity contribution in [2.45, 2.75) is 19.5 Å². The van der Waals surface area contributed by atoms with Crippen molar-refractivity contribution in [1.29, 1.82) is 0 Å². The minimum absolute atomic E-state index is 0.0354. The molecule has 0 radical (unpaired) electrons. The van der Waals surface area contributed by atoms with Crippen LogP contribution in [0.15, 0.2) is 91.6 Å². The fraction of sp³-hybridized carbons (Fsp3) is 0.154. The number of rotatable bonds is 7. The van der Waals surface area contributed by atoms with Crippen LogP contribution < -0.4 is 4.74 Å². The van der Waals surface area contributed by atoms with Gasteiger partial charge in [0.05, 0.1) is 31.0 Å². The summed E-state index contributed by atoms with van der Waals surface area (Å²) >= 11 is 3.41. The summed E-state index contributed by atoms with van der Waals surface area (Å²) in [6.07, 6.45) is 1.51. The van der Waals surface area contributed by atoms with Crippen LogP contribution in [-0.2, 0) is 11.3 Å². The molecule has 1 amide bonds. The average Bonchev–Trinajstić information content (AvgIpc) is 3.54. The molecule has 7 nitrogen and oxygen atoms in total. The van der Waals surface area contributed by atoms with Crippen molar-refractivity contribution in [2.24, 2.45) is 0 Å². The first-order valence-electron chi connectivity index (χ1n) is 10.7. The Labute approximate surface area is 203 Å². The third-order valence-corrected chi connectivity index (χ3v) is 6.13. The van der Waals surface area contributed by atoms with E-state index in [0.717, 1.165) is 9.86 Å². The van der Waals surface area contributed by atoms with E-state index in [9.17, 15) is 14.7 Å². The Bertz CT molecular complexity index is 1420. The lowest BCUT2D eigenvalue weighted by atomic mass is 9.94. The second kappa shape index (κ2) is 8.87. The molecule has 0 aliphatic carbocycles. The number of carbonyl (C=O) groups excluding carboxylic acids is 2. The monoisotopic (exact) mass is 521 g/mol. The van der Waals surface area contributed by atoms with Gasteiger partial charge in [0.1, 0.15) is 17.1 Å². The summed E-state index contributed by atoms with van der Waals surface area (Å²) in [5.41, 5.74) is 1.10. The molecule has 1 aliphatic heterocycles. The molecule has 172 valence electrons. The number of halogens is 1. The number of furan rings is 2. The molecule has 3 heterocycles. The predicted octanol–water partition coefficient (Wildman–Crippen LogP) is 5.97. The second-order valence-corrected chi connectivity index (χ2v) is 8.72. The first-order valence-corrected chi connectivity index (χ1v) is 11.5. The fourth-order valence-electron chi connectivity index (χ4n) is 4.17. The summed E-state index contributed by atoms with van der Waals surface area (Å²) in [6, 6.07) is 16.7. The Morgan fingerprint density at radius 3 is 2.76 bits per heavy atom. The summed E-state index contributed by atoms with van der Waals surface area (Å²) < 4.78 is 17.7. The zero-order valence-corrected chi connectivity index (χ0v) is 19.7. The summed E-state index contributed by atoms with van der Waals surface area (Å²) in [7, 11) is 0. The third kappa shape index (κ3) is 3.90. The number of ether oxygens (including phenoxy) is 1. The molecule has 0 bridgehead atoms. The molecule has 0 spiro atoms. The lowest BCUT2D eigenvalue weighted by molar-refractivity contribution is -0.130. The SMILES string of the molecule is CCOc1cccc(C2C(C(=O)c3cc4cc(Br)ccc4o3)=C(O)C(=O)N2Cc2ccco2)c1. The topological polar surface area (TPSA) is 93.1 Å². The van der Waals surface area contributed by atoms with E-state index in [4.69, 9.17) is 13.6 Å². The largest absolute Gasteiger partial charge is 0.503 e. The number of aliphatic hydroxyl groups excluding tert-OH is 1. The van der Waals surface area contributed by atoms with Crippen LogP contribution in [0.1, 0.15) is 34.8 Å². The van der Waals surface area contributed by atoms with E-state index in [-0.39, 0.29) is 17.9 Å². The quantitative estimate of drug-likeness (QED) is 0.301. The van der Waals surface area contributed by atoms with E-state index in [1.807, 2.05) is 19.1 Å². The van der Waals surface area contributed by atoms with Crippen molar-refractivity contribution < 1.29 is 28.3 Å². The maximum Gasteiger partial charge on any atom is 0.290 e. The van der Waals surface area contributed by atoms with Crippen LogP contribution in [0.4, 0.5) is 0 Å². The second-order valence-electron chi connectivity index (χ2n) is 7.80. The van der Waals surface area contributed by atoms with Gasteiger partial charge in [-0.1, -0.05) is 28.1 Å². The number of benzene rings is 2. The van der Waals surface area contributed by atoms with Crippen molar-refractivity contribution in [3.05, 3.63) is 99.8 Å². The van der Waals surface area contributed by atoms with E-state index in [0.29, 0.717) is 29.3 Å². The number of ketones is 1. The highest BCUT2D eigenvalue weighted by molar-refractivity contribution is 9.10. The van der Waals surface area contributed by atoms with Crippen molar-refractivity contribution in [3.8, 4) is 5.75 Å². The summed E-state index contributed by atoms with van der Waals surface area (Å²) in [5.74, 6) is -0.679. The lowest BCUT2D eigenvalue weighted by Gasteiger charge is -2.26. The fourth-order valence-corrected chi connectivity index (χ4v) is 4.54. The van der Waals surface area contributed by atoms with Gasteiger partial charge in [-0.05, 0) is 61.0 Å². The lowest BCUT2D eigenvalue weighted by Crippen LogP contribution is -2.30. The first-order chi connectivity index (χ1) is 16.5. The van der Waals surface area contributed by atoms with Crippen molar-refractivity contribution >= 4 is 38.6 Å². The average molecular weight is 522 g/mol. The Morgan fingerprint density at radius 1 is 1.15 bits per heavy atom. The van der Waals surface area contributed by atoms with Crippen LogP contribution >= 0.6 is 15.9 Å². The van der Waals surface area contributed by atoms with E-state index >= 15 is 0 Å². The highest BCUT2D eigenvalue weighted by atomic mass is 79.9. The van der Waals surface area contributed by atoms with E-state index in [2.05, 4.69) is 15.9 Å². The van der Waals surface area contributed by atoms with Gasteiger partial charge in [-0.25, -0.2) is 0 Å². The molecule has 4 aromatic rings. The molecule has 0 saturated carbocycles. The van der Waals surface area contributed by atoms with E-state index in [1.54, 1.807) is 48.5 Å². The van der Waals surface area contributed by atoms with Gasteiger partial charge in [0.25, 0.3) is 5.91 Å². The minimum atomic E-state index is -0.856. The zero-order chi connectivity index (χ0) is 23.8. The maximum atomic E-state index is 13.6. The van der Waals surface area contributed by atoms with Gasteiger partial charge < -0.3 is 23.6 Å². The molecule has 1 unspecified atom stereocenters. The number of aliphatic hydroxyl groups is 1. The van der Waals surface area contributed by atoms with Crippen LogP contribution in [0.5, 0.6) is 5.75 Å². The van der Waals surface area contributed by atoms with E-state index < -0.39 is 23.5 Å². The molecule has 2 aromatic heterocycles. The van der Waals surface area contributed by atoms with Crippen LogP contribution in [-0.4, -0.2) is 28.3 Å². The number of hydrogen-bond acceptors (Lipinski definition) is 6. The zero-order valence-electron chi connectivity index (χ0n) is 18.2. The number of hydrogen-bond donors (Lipinski definition) is 1. The molecule has 2 aromatic carbocycles. The predicted molar refractivity (Wildman–Crippen MR) is 128 cm³/mol. The van der Waals surface area contributed by atoms with Crippen LogP contribution in [0.2, 0.25) is 0 Å². The van der Waals surface area contributed by atoms with Crippen LogP contribution in [0.25, 0.3) is 11.0 Å². The molecule has 34 heavy (non-hydrogen) atoms. The van der Waals surface area contributed by atoms with Gasteiger partial charge in [-0.15, -0.1) is 0 Å². The normalized spacial score (nSPS) is 16.0.